The molecule has 0 bridgehead atoms. The molecule has 0 radical (unpaired) electrons. The minimum absolute atomic E-state index is 0.0623. The van der Waals surface area contributed by atoms with Crippen molar-refractivity contribution in [2.45, 2.75) is 19.9 Å². The fourth-order valence-electron chi connectivity index (χ4n) is 2.20. The minimum atomic E-state index is -3.24. The Bertz CT molecular complexity index is 603. The van der Waals surface area contributed by atoms with Gasteiger partial charge in [0.15, 0.2) is 0 Å². The van der Waals surface area contributed by atoms with E-state index in [1.54, 1.807) is 14.1 Å². The summed E-state index contributed by atoms with van der Waals surface area (Å²) in [5.74, 6) is 0.721. The predicted molar refractivity (Wildman–Crippen MR) is 80.7 cm³/mol. The van der Waals surface area contributed by atoms with Crippen LogP contribution in [-0.4, -0.2) is 61.8 Å². The average molecular weight is 314 g/mol. The third-order valence-corrected chi connectivity index (χ3v) is 5.80. The van der Waals surface area contributed by atoms with Crippen LogP contribution in [0.25, 0.3) is 0 Å². The topological polar surface area (TPSA) is 84.4 Å². The fourth-order valence-corrected chi connectivity index (χ4v) is 3.37. The summed E-state index contributed by atoms with van der Waals surface area (Å²) < 4.78 is 30.7. The molecule has 0 unspecified atom stereocenters. The van der Waals surface area contributed by atoms with Crippen LogP contribution >= 0.6 is 0 Å². The third kappa shape index (κ3) is 3.69. The van der Waals surface area contributed by atoms with Crippen LogP contribution in [0.5, 0.6) is 0 Å². The second-order valence-electron chi connectivity index (χ2n) is 5.54. The van der Waals surface area contributed by atoms with Gasteiger partial charge in [0.25, 0.3) is 0 Å². The maximum atomic E-state index is 12.0. The van der Waals surface area contributed by atoms with E-state index in [9.17, 15) is 8.42 Å². The maximum absolute atomic E-state index is 12.0. The molecule has 0 aliphatic carbocycles. The van der Waals surface area contributed by atoms with Crippen LogP contribution in [0, 0.1) is 19.8 Å². The number of sulfonamides is 1. The molecule has 21 heavy (non-hydrogen) atoms. The summed E-state index contributed by atoms with van der Waals surface area (Å²) in [6, 6.07) is -0.0623. The first-order chi connectivity index (χ1) is 9.81. The van der Waals surface area contributed by atoms with E-state index in [4.69, 9.17) is 4.74 Å². The Morgan fingerprint density at radius 2 is 2.05 bits per heavy atom. The van der Waals surface area contributed by atoms with Crippen LogP contribution in [-0.2, 0) is 14.8 Å². The summed E-state index contributed by atoms with van der Waals surface area (Å²) in [4.78, 5) is 8.36. The molecule has 7 nitrogen and oxygen atoms in total. The van der Waals surface area contributed by atoms with Gasteiger partial charge in [0, 0.05) is 31.3 Å². The molecule has 0 aromatic carbocycles. The van der Waals surface area contributed by atoms with Crippen LogP contribution in [0.15, 0.2) is 6.33 Å². The van der Waals surface area contributed by atoms with Gasteiger partial charge in [0.2, 0.25) is 10.0 Å². The van der Waals surface area contributed by atoms with Gasteiger partial charge in [-0.2, -0.15) is 0 Å². The molecule has 1 aromatic heterocycles. The van der Waals surface area contributed by atoms with Gasteiger partial charge < -0.3 is 10.1 Å². The molecule has 0 spiro atoms. The lowest BCUT2D eigenvalue weighted by molar-refractivity contribution is 0.187. The summed E-state index contributed by atoms with van der Waals surface area (Å²) >= 11 is 0. The number of hydrogen-bond acceptors (Lipinski definition) is 6. The smallest absolute Gasteiger partial charge is 0.214 e. The highest BCUT2D eigenvalue weighted by Gasteiger charge is 2.33. The molecule has 1 saturated heterocycles. The van der Waals surface area contributed by atoms with Crippen molar-refractivity contribution < 1.29 is 13.2 Å². The molecule has 1 N–H and O–H groups in total. The maximum Gasteiger partial charge on any atom is 0.214 e. The number of aromatic nitrogens is 2. The zero-order valence-electron chi connectivity index (χ0n) is 12.8. The van der Waals surface area contributed by atoms with Gasteiger partial charge in [-0.3, -0.25) is 0 Å². The van der Waals surface area contributed by atoms with E-state index in [1.165, 1.54) is 10.6 Å². The summed E-state index contributed by atoms with van der Waals surface area (Å²) in [6.07, 6.45) is 1.51. The SMILES string of the molecule is Cc1ncnc(N[C@@H]2COC[C@H]2CS(=O)(=O)N(C)C)c1C. The van der Waals surface area contributed by atoms with Gasteiger partial charge in [-0.15, -0.1) is 0 Å². The molecule has 1 aromatic rings. The Labute approximate surface area is 125 Å². The Kier molecular flexibility index (Phi) is 4.80. The summed E-state index contributed by atoms with van der Waals surface area (Å²) in [6.45, 7) is 4.78. The van der Waals surface area contributed by atoms with Crippen molar-refractivity contribution in [1.29, 1.82) is 0 Å². The molecular formula is C13H22N4O3S. The highest BCUT2D eigenvalue weighted by molar-refractivity contribution is 7.89. The minimum Gasteiger partial charge on any atom is -0.379 e. The van der Waals surface area contributed by atoms with E-state index in [-0.39, 0.29) is 17.7 Å². The normalized spacial score (nSPS) is 22.7. The zero-order chi connectivity index (χ0) is 15.6. The van der Waals surface area contributed by atoms with Crippen LogP contribution in [0.4, 0.5) is 5.82 Å². The first kappa shape index (κ1) is 16.1. The van der Waals surface area contributed by atoms with E-state index < -0.39 is 10.0 Å². The van der Waals surface area contributed by atoms with Crippen molar-refractivity contribution in [3.63, 3.8) is 0 Å². The highest BCUT2D eigenvalue weighted by atomic mass is 32.2. The highest BCUT2D eigenvalue weighted by Crippen LogP contribution is 2.22. The third-order valence-electron chi connectivity index (χ3n) is 3.84. The lowest BCUT2D eigenvalue weighted by Crippen LogP contribution is -2.37. The summed E-state index contributed by atoms with van der Waals surface area (Å²) in [7, 11) is -0.150. The van der Waals surface area contributed by atoms with Crippen molar-refractivity contribution in [2.24, 2.45) is 5.92 Å². The van der Waals surface area contributed by atoms with Crippen molar-refractivity contribution in [1.82, 2.24) is 14.3 Å². The van der Waals surface area contributed by atoms with Crippen LogP contribution in [0.3, 0.4) is 0 Å². The molecular weight excluding hydrogens is 292 g/mol. The number of hydrogen-bond donors (Lipinski definition) is 1. The molecule has 1 fully saturated rings. The Balaban J connectivity index is 2.11. The zero-order valence-corrected chi connectivity index (χ0v) is 13.6. The number of nitrogens with one attached hydrogen (secondary N) is 1. The molecule has 2 heterocycles. The van der Waals surface area contributed by atoms with Gasteiger partial charge in [-0.25, -0.2) is 22.7 Å². The Morgan fingerprint density at radius 3 is 2.71 bits per heavy atom. The van der Waals surface area contributed by atoms with Crippen molar-refractivity contribution in [2.75, 3.05) is 38.4 Å². The van der Waals surface area contributed by atoms with E-state index in [1.807, 2.05) is 13.8 Å². The number of rotatable bonds is 5. The van der Waals surface area contributed by atoms with Gasteiger partial charge in [-0.1, -0.05) is 0 Å². The predicted octanol–water partition coefficient (Wildman–Crippen LogP) is 0.412. The van der Waals surface area contributed by atoms with E-state index in [0.717, 1.165) is 17.1 Å². The average Bonchev–Trinajstić information content (AvgIpc) is 2.81. The second kappa shape index (κ2) is 6.25. The van der Waals surface area contributed by atoms with Crippen LogP contribution in [0.2, 0.25) is 0 Å². The van der Waals surface area contributed by atoms with E-state index in [2.05, 4.69) is 15.3 Å². The molecule has 0 saturated carbocycles. The fraction of sp³-hybridized carbons (Fsp3) is 0.692. The largest absolute Gasteiger partial charge is 0.379 e. The molecule has 8 heteroatoms. The summed E-state index contributed by atoms with van der Waals surface area (Å²) in [5, 5.41) is 3.30. The number of anilines is 1. The van der Waals surface area contributed by atoms with Crippen LogP contribution < -0.4 is 5.32 Å². The summed E-state index contributed by atoms with van der Waals surface area (Å²) in [5.41, 5.74) is 1.88. The van der Waals surface area contributed by atoms with Gasteiger partial charge in [-0.05, 0) is 13.8 Å². The molecule has 1 aliphatic rings. The standard InChI is InChI=1S/C13H22N4O3S/c1-9-10(2)14-8-15-13(9)16-12-6-20-5-11(12)7-21(18,19)17(3)4/h8,11-12H,5-7H2,1-4H3,(H,14,15,16)/t11-,12+/m0/s1. The van der Waals surface area contributed by atoms with E-state index >= 15 is 0 Å². The number of aryl methyl sites for hydroxylation is 1. The lowest BCUT2D eigenvalue weighted by atomic mass is 10.1. The molecule has 0 amide bonds. The lowest BCUT2D eigenvalue weighted by Gasteiger charge is -2.22. The van der Waals surface area contributed by atoms with E-state index in [0.29, 0.717) is 13.2 Å². The quantitative estimate of drug-likeness (QED) is 0.847. The monoisotopic (exact) mass is 314 g/mol. The van der Waals surface area contributed by atoms with Gasteiger partial charge >= 0.3 is 0 Å². The number of nitrogens with zero attached hydrogens (tertiary/aromatic N) is 3. The van der Waals surface area contributed by atoms with Gasteiger partial charge in [0.05, 0.1) is 25.0 Å². The van der Waals surface area contributed by atoms with Crippen molar-refractivity contribution in [3.8, 4) is 0 Å². The Hall–Kier alpha value is -1.25. The molecule has 1 aliphatic heterocycles. The van der Waals surface area contributed by atoms with Crippen LogP contribution in [0.1, 0.15) is 11.3 Å². The molecule has 2 atom stereocenters. The van der Waals surface area contributed by atoms with Gasteiger partial charge in [0.1, 0.15) is 12.1 Å². The van der Waals surface area contributed by atoms with Crippen molar-refractivity contribution in [3.05, 3.63) is 17.6 Å². The van der Waals surface area contributed by atoms with Crippen molar-refractivity contribution >= 4 is 15.8 Å². The number of ether oxygens (including phenoxy) is 1. The second-order valence-corrected chi connectivity index (χ2v) is 7.77. The first-order valence-electron chi connectivity index (χ1n) is 6.84. The molecule has 118 valence electrons. The first-order valence-corrected chi connectivity index (χ1v) is 8.45. The Morgan fingerprint density at radius 1 is 1.33 bits per heavy atom. The molecule has 2 rings (SSSR count).